The highest BCUT2D eigenvalue weighted by molar-refractivity contribution is 7.07. The van der Waals surface area contributed by atoms with Gasteiger partial charge in [-0.3, -0.25) is 9.98 Å². The minimum atomic E-state index is 0. The summed E-state index contributed by atoms with van der Waals surface area (Å²) in [6, 6.07) is 12.9. The van der Waals surface area contributed by atoms with E-state index < -0.39 is 0 Å². The van der Waals surface area contributed by atoms with Gasteiger partial charge in [-0.1, -0.05) is 53.0 Å². The molecule has 1 aromatic heterocycles. The van der Waals surface area contributed by atoms with Crippen molar-refractivity contribution in [2.45, 2.75) is 0 Å². The van der Waals surface area contributed by atoms with E-state index in [2.05, 4.69) is 0 Å². The van der Waals surface area contributed by atoms with Gasteiger partial charge in [-0.05, 0) is 29.8 Å². The zero-order valence-electron chi connectivity index (χ0n) is 11.0. The molecule has 0 atom stereocenters. The molecular formula is C15H10Cl4N2S. The van der Waals surface area contributed by atoms with Gasteiger partial charge in [0.05, 0.1) is 21.4 Å². The highest BCUT2D eigenvalue weighted by atomic mass is 35.5. The van der Waals surface area contributed by atoms with Crippen LogP contribution in [-0.2, 0) is 0 Å². The van der Waals surface area contributed by atoms with Crippen LogP contribution in [0.1, 0.15) is 0 Å². The van der Waals surface area contributed by atoms with Gasteiger partial charge in [0.1, 0.15) is 0 Å². The molecule has 0 saturated heterocycles. The van der Waals surface area contributed by atoms with Crippen molar-refractivity contribution in [3.63, 3.8) is 0 Å². The van der Waals surface area contributed by atoms with E-state index in [1.807, 2.05) is 41.8 Å². The van der Waals surface area contributed by atoms with Crippen molar-refractivity contribution >= 4 is 58.5 Å². The Balaban J connectivity index is 0.00000176. The van der Waals surface area contributed by atoms with Crippen molar-refractivity contribution in [1.29, 1.82) is 5.41 Å². The molecule has 7 heteroatoms. The average Bonchev–Trinajstić information content (AvgIpc) is 2.85. The molecule has 2 nitrogen and oxygen atoms in total. The van der Waals surface area contributed by atoms with Crippen LogP contribution in [0.3, 0.4) is 0 Å². The fourth-order valence-corrected chi connectivity index (χ4v) is 3.32. The summed E-state index contributed by atoms with van der Waals surface area (Å²) < 4.78 is 1.78. The number of halogens is 4. The third-order valence-electron chi connectivity index (χ3n) is 3.04. The minimum absolute atomic E-state index is 0. The lowest BCUT2D eigenvalue weighted by molar-refractivity contribution is 0.987. The lowest BCUT2D eigenvalue weighted by Crippen LogP contribution is -2.12. The van der Waals surface area contributed by atoms with Gasteiger partial charge >= 0.3 is 0 Å². The Kier molecular flexibility index (Phi) is 5.59. The molecule has 3 rings (SSSR count). The second kappa shape index (κ2) is 7.07. The first-order valence-electron chi connectivity index (χ1n) is 6.03. The van der Waals surface area contributed by atoms with Crippen molar-refractivity contribution in [3.05, 3.63) is 67.7 Å². The van der Waals surface area contributed by atoms with Gasteiger partial charge in [-0.15, -0.1) is 23.7 Å². The molecule has 3 aromatic rings. The Labute approximate surface area is 152 Å². The molecule has 1 heterocycles. The molecule has 0 unspecified atom stereocenters. The van der Waals surface area contributed by atoms with Gasteiger partial charge in [0, 0.05) is 10.4 Å². The Bertz CT molecular complexity index is 853. The molecular weight excluding hydrogens is 382 g/mol. The van der Waals surface area contributed by atoms with E-state index in [1.165, 1.54) is 11.3 Å². The highest BCUT2D eigenvalue weighted by Gasteiger charge is 2.13. The van der Waals surface area contributed by atoms with Gasteiger partial charge in [-0.2, -0.15) is 0 Å². The number of hydrogen-bond donors (Lipinski definition) is 1. The van der Waals surface area contributed by atoms with Crippen molar-refractivity contribution in [1.82, 2.24) is 4.57 Å². The van der Waals surface area contributed by atoms with Gasteiger partial charge in [0.15, 0.2) is 4.80 Å². The highest BCUT2D eigenvalue weighted by Crippen LogP contribution is 2.31. The van der Waals surface area contributed by atoms with E-state index >= 15 is 0 Å². The molecule has 0 aliphatic carbocycles. The lowest BCUT2D eigenvalue weighted by atomic mass is 10.1. The maximum absolute atomic E-state index is 8.14. The number of hydrogen-bond acceptors (Lipinski definition) is 2. The fourth-order valence-electron chi connectivity index (χ4n) is 2.05. The standard InChI is InChI=1S/C15H9Cl3N2S.ClH/c16-10-6-4-9(5-7-10)13-8-21-15(19)20(13)12-3-1-2-11(17)14(12)18;/h1-8,19H;1H. The van der Waals surface area contributed by atoms with Crippen molar-refractivity contribution in [2.75, 3.05) is 0 Å². The lowest BCUT2D eigenvalue weighted by Gasteiger charge is -2.11. The Hall–Kier alpha value is -0.970. The molecule has 1 N–H and O–H groups in total. The Morgan fingerprint density at radius 1 is 0.955 bits per heavy atom. The average molecular weight is 392 g/mol. The Morgan fingerprint density at radius 3 is 2.32 bits per heavy atom. The molecule has 22 heavy (non-hydrogen) atoms. The number of nitrogens with zero attached hydrogens (tertiary/aromatic N) is 1. The van der Waals surface area contributed by atoms with Crippen LogP contribution in [0.5, 0.6) is 0 Å². The topological polar surface area (TPSA) is 28.8 Å². The predicted molar refractivity (Wildman–Crippen MR) is 97.2 cm³/mol. The van der Waals surface area contributed by atoms with E-state index in [1.54, 1.807) is 10.6 Å². The first-order valence-corrected chi connectivity index (χ1v) is 8.05. The normalized spacial score (nSPS) is 10.3. The number of aromatic nitrogens is 1. The summed E-state index contributed by atoms with van der Waals surface area (Å²) in [7, 11) is 0. The second-order valence-electron chi connectivity index (χ2n) is 4.34. The molecule has 0 spiro atoms. The van der Waals surface area contributed by atoms with Crippen LogP contribution in [0.2, 0.25) is 15.1 Å². The predicted octanol–water partition coefficient (Wildman–Crippen LogP) is 6.07. The van der Waals surface area contributed by atoms with Crippen molar-refractivity contribution in [2.24, 2.45) is 0 Å². The maximum atomic E-state index is 8.14. The third kappa shape index (κ3) is 3.19. The number of thiazole rings is 1. The molecule has 2 aromatic carbocycles. The van der Waals surface area contributed by atoms with Crippen molar-refractivity contribution in [3.8, 4) is 16.9 Å². The van der Waals surface area contributed by atoms with Crippen molar-refractivity contribution < 1.29 is 0 Å². The van der Waals surface area contributed by atoms with Crippen LogP contribution in [-0.4, -0.2) is 4.57 Å². The van der Waals surface area contributed by atoms with Gasteiger partial charge in [0.2, 0.25) is 0 Å². The largest absolute Gasteiger partial charge is 0.284 e. The summed E-state index contributed by atoms with van der Waals surface area (Å²) in [5.74, 6) is 0. The summed E-state index contributed by atoms with van der Waals surface area (Å²) >= 11 is 19.6. The molecule has 0 amide bonds. The van der Waals surface area contributed by atoms with Crippen LogP contribution in [0.15, 0.2) is 47.8 Å². The summed E-state index contributed by atoms with van der Waals surface area (Å²) in [5, 5.41) is 11.6. The minimum Gasteiger partial charge on any atom is -0.284 e. The van der Waals surface area contributed by atoms with Gasteiger partial charge in [0.25, 0.3) is 0 Å². The van der Waals surface area contributed by atoms with Crippen LogP contribution >= 0.6 is 58.5 Å². The molecule has 0 saturated carbocycles. The zero-order valence-corrected chi connectivity index (χ0v) is 14.9. The van der Waals surface area contributed by atoms with E-state index in [-0.39, 0.29) is 12.4 Å². The van der Waals surface area contributed by atoms with Crippen LogP contribution < -0.4 is 4.80 Å². The van der Waals surface area contributed by atoms with E-state index in [9.17, 15) is 0 Å². The van der Waals surface area contributed by atoms with Gasteiger partial charge < -0.3 is 0 Å². The van der Waals surface area contributed by atoms with Crippen LogP contribution in [0.4, 0.5) is 0 Å². The third-order valence-corrected chi connectivity index (χ3v) is 4.85. The SMILES string of the molecule is Cl.N=c1scc(-c2ccc(Cl)cc2)n1-c1cccc(Cl)c1Cl. The summed E-state index contributed by atoms with van der Waals surface area (Å²) in [6.45, 7) is 0. The molecule has 0 aliphatic rings. The molecule has 0 radical (unpaired) electrons. The fraction of sp³-hybridized carbons (Fsp3) is 0. The first-order chi connectivity index (χ1) is 10.1. The second-order valence-corrected chi connectivity index (χ2v) is 6.42. The smallest absolute Gasteiger partial charge is 0.187 e. The molecule has 0 bridgehead atoms. The zero-order chi connectivity index (χ0) is 15.0. The Morgan fingerprint density at radius 2 is 1.64 bits per heavy atom. The van der Waals surface area contributed by atoms with Gasteiger partial charge in [-0.25, -0.2) is 0 Å². The molecule has 114 valence electrons. The van der Waals surface area contributed by atoms with Crippen LogP contribution in [0.25, 0.3) is 16.9 Å². The number of rotatable bonds is 2. The molecule has 0 aliphatic heterocycles. The molecule has 0 fully saturated rings. The maximum Gasteiger partial charge on any atom is 0.187 e. The van der Waals surface area contributed by atoms with E-state index in [0.717, 1.165) is 11.3 Å². The van der Waals surface area contributed by atoms with E-state index in [0.29, 0.717) is 25.6 Å². The number of nitrogens with one attached hydrogen (secondary N) is 1. The number of benzene rings is 2. The van der Waals surface area contributed by atoms with Crippen LogP contribution in [0, 0.1) is 5.41 Å². The first kappa shape index (κ1) is 17.4. The van der Waals surface area contributed by atoms with E-state index in [4.69, 9.17) is 40.2 Å². The summed E-state index contributed by atoms with van der Waals surface area (Å²) in [6.07, 6.45) is 0. The quantitative estimate of drug-likeness (QED) is 0.549. The monoisotopic (exact) mass is 390 g/mol. The summed E-state index contributed by atoms with van der Waals surface area (Å²) in [5.41, 5.74) is 2.54. The summed E-state index contributed by atoms with van der Waals surface area (Å²) in [4.78, 5) is 0.379.